The smallest absolute Gasteiger partial charge is 0.338 e. The van der Waals surface area contributed by atoms with Crippen LogP contribution in [0.1, 0.15) is 16.2 Å². The van der Waals surface area contributed by atoms with Crippen molar-refractivity contribution in [1.29, 1.82) is 0 Å². The average Bonchev–Trinajstić information content (AvgIpc) is 3.02. The molecule has 0 amide bonds. The summed E-state index contributed by atoms with van der Waals surface area (Å²) >= 11 is 6.05. The number of aromatic nitrogens is 2. The van der Waals surface area contributed by atoms with Crippen molar-refractivity contribution in [2.75, 3.05) is 0 Å². The Balaban J connectivity index is 1.67. The van der Waals surface area contributed by atoms with Crippen molar-refractivity contribution in [1.82, 2.24) is 10.1 Å². The van der Waals surface area contributed by atoms with Gasteiger partial charge >= 0.3 is 5.97 Å². The molecule has 0 saturated heterocycles. The largest absolute Gasteiger partial charge is 0.452 e. The van der Waals surface area contributed by atoms with Crippen LogP contribution in [-0.4, -0.2) is 16.1 Å². The predicted molar refractivity (Wildman–Crippen MR) is 80.3 cm³/mol. The van der Waals surface area contributed by atoms with Crippen molar-refractivity contribution in [2.24, 2.45) is 0 Å². The highest BCUT2D eigenvalue weighted by molar-refractivity contribution is 6.33. The summed E-state index contributed by atoms with van der Waals surface area (Å²) in [6.07, 6.45) is 0. The monoisotopic (exact) mass is 332 g/mol. The molecule has 0 aliphatic rings. The molecule has 5 nitrogen and oxygen atoms in total. The summed E-state index contributed by atoms with van der Waals surface area (Å²) in [4.78, 5) is 15.9. The van der Waals surface area contributed by atoms with Crippen molar-refractivity contribution in [2.45, 2.75) is 6.61 Å². The molecule has 116 valence electrons. The second-order valence-corrected chi connectivity index (χ2v) is 4.98. The Kier molecular flexibility index (Phi) is 4.34. The number of hydrogen-bond donors (Lipinski definition) is 0. The van der Waals surface area contributed by atoms with E-state index in [2.05, 4.69) is 10.1 Å². The van der Waals surface area contributed by atoms with Gasteiger partial charge < -0.3 is 9.26 Å². The van der Waals surface area contributed by atoms with Crippen LogP contribution in [0.4, 0.5) is 4.39 Å². The lowest BCUT2D eigenvalue weighted by Gasteiger charge is -2.01. The molecule has 7 heteroatoms. The fourth-order valence-electron chi connectivity index (χ4n) is 1.86. The van der Waals surface area contributed by atoms with Crippen LogP contribution in [0, 0.1) is 5.82 Å². The fraction of sp³-hybridized carbons (Fsp3) is 0.0625. The molecule has 2 aromatic carbocycles. The predicted octanol–water partition coefficient (Wildman–Crippen LogP) is 3.89. The minimum Gasteiger partial charge on any atom is -0.452 e. The van der Waals surface area contributed by atoms with Gasteiger partial charge in [-0.2, -0.15) is 4.98 Å². The molecule has 3 rings (SSSR count). The number of hydrogen-bond acceptors (Lipinski definition) is 5. The highest BCUT2D eigenvalue weighted by Gasteiger charge is 2.14. The molecule has 0 fully saturated rings. The number of benzene rings is 2. The lowest BCUT2D eigenvalue weighted by Crippen LogP contribution is -2.05. The van der Waals surface area contributed by atoms with Gasteiger partial charge in [0, 0.05) is 5.56 Å². The Morgan fingerprint density at radius 2 is 1.91 bits per heavy atom. The van der Waals surface area contributed by atoms with Crippen molar-refractivity contribution < 1.29 is 18.4 Å². The summed E-state index contributed by atoms with van der Waals surface area (Å²) in [6, 6.07) is 12.1. The third-order valence-corrected chi connectivity index (χ3v) is 3.32. The maximum absolute atomic E-state index is 12.8. The first kappa shape index (κ1) is 15.2. The molecule has 1 heterocycles. The number of carbonyl (C=O) groups is 1. The van der Waals surface area contributed by atoms with E-state index < -0.39 is 11.8 Å². The fourth-order valence-corrected chi connectivity index (χ4v) is 2.08. The number of halogens is 2. The lowest BCUT2D eigenvalue weighted by atomic mass is 10.2. The summed E-state index contributed by atoms with van der Waals surface area (Å²) in [7, 11) is 0. The molecule has 0 aliphatic heterocycles. The highest BCUT2D eigenvalue weighted by atomic mass is 35.5. The third kappa shape index (κ3) is 3.54. The first-order valence-corrected chi connectivity index (χ1v) is 7.01. The molecule has 3 aromatic rings. The van der Waals surface area contributed by atoms with Gasteiger partial charge in [-0.05, 0) is 36.4 Å². The van der Waals surface area contributed by atoms with Crippen LogP contribution >= 0.6 is 11.6 Å². The molecule has 23 heavy (non-hydrogen) atoms. The molecule has 0 bridgehead atoms. The van der Waals surface area contributed by atoms with Crippen LogP contribution in [0.15, 0.2) is 53.1 Å². The van der Waals surface area contributed by atoms with E-state index in [1.165, 1.54) is 24.3 Å². The molecule has 0 radical (unpaired) electrons. The van der Waals surface area contributed by atoms with Gasteiger partial charge in [0.1, 0.15) is 5.82 Å². The Bertz CT molecular complexity index is 833. The van der Waals surface area contributed by atoms with Crippen LogP contribution in [-0.2, 0) is 11.3 Å². The van der Waals surface area contributed by atoms with Gasteiger partial charge in [-0.25, -0.2) is 9.18 Å². The molecule has 0 unspecified atom stereocenters. The number of carbonyl (C=O) groups excluding carboxylic acids is 1. The van der Waals surface area contributed by atoms with Crippen LogP contribution in [0.25, 0.3) is 11.4 Å². The first-order valence-electron chi connectivity index (χ1n) is 6.63. The van der Waals surface area contributed by atoms with Crippen LogP contribution in [0.3, 0.4) is 0 Å². The minimum atomic E-state index is -0.609. The van der Waals surface area contributed by atoms with Gasteiger partial charge in [-0.3, -0.25) is 0 Å². The summed E-state index contributed by atoms with van der Waals surface area (Å²) in [5.74, 6) is -0.593. The molecule has 0 N–H and O–H groups in total. The first-order chi connectivity index (χ1) is 11.1. The van der Waals surface area contributed by atoms with Crippen molar-refractivity contribution in [3.05, 3.63) is 70.8 Å². The standard InChI is InChI=1S/C16H10ClFN2O3/c17-13-4-2-1-3-12(13)15-19-14(23-20-15)9-22-16(21)10-5-7-11(18)8-6-10/h1-8H,9H2. The second-order valence-electron chi connectivity index (χ2n) is 4.57. The van der Waals surface area contributed by atoms with Gasteiger partial charge in [0.05, 0.1) is 10.6 Å². The summed E-state index contributed by atoms with van der Waals surface area (Å²) < 4.78 is 22.9. The Labute approximate surface area is 135 Å². The Hall–Kier alpha value is -2.73. The minimum absolute atomic E-state index is 0.135. The van der Waals surface area contributed by atoms with E-state index in [1.54, 1.807) is 24.3 Å². The van der Waals surface area contributed by atoms with Crippen molar-refractivity contribution >= 4 is 17.6 Å². The van der Waals surface area contributed by atoms with Gasteiger partial charge in [0.15, 0.2) is 6.61 Å². The molecule has 0 aliphatic carbocycles. The third-order valence-electron chi connectivity index (χ3n) is 2.99. The van der Waals surface area contributed by atoms with E-state index in [0.29, 0.717) is 16.4 Å². The maximum atomic E-state index is 12.8. The Morgan fingerprint density at radius 1 is 1.17 bits per heavy atom. The molecule has 0 saturated carbocycles. The number of rotatable bonds is 4. The summed E-state index contributed by atoms with van der Waals surface area (Å²) in [5, 5.41) is 4.29. The van der Waals surface area contributed by atoms with Crippen molar-refractivity contribution in [3.63, 3.8) is 0 Å². The SMILES string of the molecule is O=C(OCc1nc(-c2ccccc2Cl)no1)c1ccc(F)cc1. The Morgan fingerprint density at radius 3 is 2.65 bits per heavy atom. The highest BCUT2D eigenvalue weighted by Crippen LogP contribution is 2.24. The number of nitrogens with zero attached hydrogens (tertiary/aromatic N) is 2. The molecule has 0 atom stereocenters. The van der Waals surface area contributed by atoms with Crippen molar-refractivity contribution in [3.8, 4) is 11.4 Å². The summed E-state index contributed by atoms with van der Waals surface area (Å²) in [5.41, 5.74) is 0.853. The van der Waals surface area contributed by atoms with E-state index in [9.17, 15) is 9.18 Å². The zero-order chi connectivity index (χ0) is 16.2. The zero-order valence-corrected chi connectivity index (χ0v) is 12.5. The molecule has 1 aromatic heterocycles. The van der Waals surface area contributed by atoms with Gasteiger partial charge in [-0.1, -0.05) is 28.9 Å². The van der Waals surface area contributed by atoms with E-state index in [1.807, 2.05) is 0 Å². The second kappa shape index (κ2) is 6.58. The van der Waals surface area contributed by atoms with E-state index in [-0.39, 0.29) is 18.1 Å². The van der Waals surface area contributed by atoms with Crippen LogP contribution in [0.2, 0.25) is 5.02 Å². The van der Waals surface area contributed by atoms with Crippen LogP contribution in [0.5, 0.6) is 0 Å². The van der Waals surface area contributed by atoms with Gasteiger partial charge in [0.2, 0.25) is 5.82 Å². The molecular weight excluding hydrogens is 323 g/mol. The van der Waals surface area contributed by atoms with Gasteiger partial charge in [0.25, 0.3) is 5.89 Å². The van der Waals surface area contributed by atoms with Crippen LogP contribution < -0.4 is 0 Å². The average molecular weight is 333 g/mol. The number of ether oxygens (including phenoxy) is 1. The molecular formula is C16H10ClFN2O3. The topological polar surface area (TPSA) is 65.2 Å². The quantitative estimate of drug-likeness (QED) is 0.678. The van der Waals surface area contributed by atoms with E-state index >= 15 is 0 Å². The van der Waals surface area contributed by atoms with E-state index in [0.717, 1.165) is 0 Å². The maximum Gasteiger partial charge on any atom is 0.338 e. The summed E-state index contributed by atoms with van der Waals surface area (Å²) in [6.45, 7) is -0.187. The number of esters is 1. The normalized spacial score (nSPS) is 10.5. The van der Waals surface area contributed by atoms with Gasteiger partial charge in [-0.15, -0.1) is 0 Å². The zero-order valence-electron chi connectivity index (χ0n) is 11.7. The molecule has 0 spiro atoms. The van der Waals surface area contributed by atoms with E-state index in [4.69, 9.17) is 20.9 Å². The lowest BCUT2D eigenvalue weighted by molar-refractivity contribution is 0.0430.